The van der Waals surface area contributed by atoms with Crippen molar-refractivity contribution in [1.82, 2.24) is 5.32 Å². The number of ether oxygens (including phenoxy) is 1. The first kappa shape index (κ1) is 72.9. The third kappa shape index (κ3) is 60.1. The Labute approximate surface area is 464 Å². The standard InChI is InChI=1S/C68H135NO5/c1-3-5-7-9-11-13-15-17-19-33-36-40-44-48-52-56-60-66(71)65(64-70)69-67(72)61-57-53-49-45-41-37-34-31-29-27-25-23-21-20-22-24-26-28-30-32-35-39-43-47-51-55-59-63-74-68(73)62-58-54-50-46-42-38-18-16-14-12-10-8-6-4-2/h65-66,70-71H,3-64H2,1-2H3,(H,69,72). The molecule has 0 aliphatic heterocycles. The topological polar surface area (TPSA) is 95.9 Å². The number of hydrogen-bond donors (Lipinski definition) is 3. The molecule has 0 aromatic heterocycles. The number of aliphatic hydroxyl groups excluding tert-OH is 2. The quantitative estimate of drug-likeness (QED) is 0.0417. The molecule has 74 heavy (non-hydrogen) atoms. The van der Waals surface area contributed by atoms with Crippen LogP contribution in [-0.4, -0.2) is 47.4 Å². The molecular formula is C68H135NO5. The molecule has 0 rings (SSSR count). The lowest BCUT2D eigenvalue weighted by molar-refractivity contribution is -0.143. The van der Waals surface area contributed by atoms with Gasteiger partial charge in [0.25, 0.3) is 0 Å². The van der Waals surface area contributed by atoms with Gasteiger partial charge < -0.3 is 20.3 Å². The Kier molecular flexibility index (Phi) is 63.4. The Bertz CT molecular complexity index is 1070. The first-order chi connectivity index (χ1) is 36.5. The summed E-state index contributed by atoms with van der Waals surface area (Å²) < 4.78 is 5.49. The maximum atomic E-state index is 12.5. The lowest BCUT2D eigenvalue weighted by Crippen LogP contribution is -2.45. The minimum absolute atomic E-state index is 0.0215. The molecule has 3 N–H and O–H groups in total. The highest BCUT2D eigenvalue weighted by atomic mass is 16.5. The van der Waals surface area contributed by atoms with Gasteiger partial charge in [0.2, 0.25) is 5.91 Å². The molecule has 6 nitrogen and oxygen atoms in total. The van der Waals surface area contributed by atoms with Gasteiger partial charge in [-0.25, -0.2) is 0 Å². The summed E-state index contributed by atoms with van der Waals surface area (Å²) in [6.07, 6.45) is 77.1. The molecule has 2 unspecified atom stereocenters. The van der Waals surface area contributed by atoms with E-state index in [1.807, 2.05) is 0 Å². The van der Waals surface area contributed by atoms with E-state index in [1.54, 1.807) is 0 Å². The number of nitrogens with one attached hydrogen (secondary N) is 1. The lowest BCUT2D eigenvalue weighted by Gasteiger charge is -2.22. The molecular weight excluding hydrogens is 911 g/mol. The highest BCUT2D eigenvalue weighted by molar-refractivity contribution is 5.76. The van der Waals surface area contributed by atoms with E-state index in [1.165, 1.54) is 327 Å². The number of carbonyl (C=O) groups is 2. The largest absolute Gasteiger partial charge is 0.466 e. The zero-order valence-corrected chi connectivity index (χ0v) is 50.6. The summed E-state index contributed by atoms with van der Waals surface area (Å²) in [6, 6.07) is -0.538. The summed E-state index contributed by atoms with van der Waals surface area (Å²) in [5.41, 5.74) is 0. The van der Waals surface area contributed by atoms with Gasteiger partial charge in [0.1, 0.15) is 0 Å². The molecule has 0 aromatic rings. The van der Waals surface area contributed by atoms with Crippen LogP contribution < -0.4 is 5.32 Å². The van der Waals surface area contributed by atoms with Crippen LogP contribution in [0.15, 0.2) is 0 Å². The van der Waals surface area contributed by atoms with Crippen LogP contribution >= 0.6 is 0 Å². The number of carbonyl (C=O) groups excluding carboxylic acids is 2. The van der Waals surface area contributed by atoms with Crippen molar-refractivity contribution in [2.75, 3.05) is 13.2 Å². The summed E-state index contributed by atoms with van der Waals surface area (Å²) in [7, 11) is 0. The van der Waals surface area contributed by atoms with Crippen molar-refractivity contribution in [3.05, 3.63) is 0 Å². The fourth-order valence-corrected chi connectivity index (χ4v) is 11.2. The Morgan fingerprint density at radius 1 is 0.324 bits per heavy atom. The smallest absolute Gasteiger partial charge is 0.305 e. The molecule has 0 saturated carbocycles. The third-order valence-corrected chi connectivity index (χ3v) is 16.4. The highest BCUT2D eigenvalue weighted by Crippen LogP contribution is 2.19. The van der Waals surface area contributed by atoms with Crippen LogP contribution in [0.3, 0.4) is 0 Å². The Hall–Kier alpha value is -1.14. The molecule has 0 aliphatic carbocycles. The molecule has 0 saturated heterocycles. The van der Waals surface area contributed by atoms with Crippen LogP contribution in [0.1, 0.15) is 399 Å². The molecule has 0 bridgehead atoms. The second-order valence-corrected chi connectivity index (χ2v) is 23.9. The fourth-order valence-electron chi connectivity index (χ4n) is 11.2. The maximum Gasteiger partial charge on any atom is 0.305 e. The van der Waals surface area contributed by atoms with Gasteiger partial charge in [-0.3, -0.25) is 9.59 Å². The number of esters is 1. The van der Waals surface area contributed by atoms with Gasteiger partial charge in [-0.05, 0) is 25.7 Å². The van der Waals surface area contributed by atoms with E-state index in [-0.39, 0.29) is 18.5 Å². The van der Waals surface area contributed by atoms with Gasteiger partial charge >= 0.3 is 5.97 Å². The second-order valence-electron chi connectivity index (χ2n) is 23.9. The SMILES string of the molecule is CCCCCCCCCCCCCCCCCCC(O)C(CO)NC(=O)CCCCCCCCCCCCCCCCCCCCCCCCCCCCCOC(=O)CCCCCCCCCCCCCCCC. The summed E-state index contributed by atoms with van der Waals surface area (Å²) in [4.78, 5) is 24.6. The monoisotopic (exact) mass is 1050 g/mol. The van der Waals surface area contributed by atoms with Gasteiger partial charge in [-0.2, -0.15) is 0 Å². The van der Waals surface area contributed by atoms with E-state index in [2.05, 4.69) is 19.2 Å². The Morgan fingerprint density at radius 2 is 0.554 bits per heavy atom. The van der Waals surface area contributed by atoms with Crippen molar-refractivity contribution < 1.29 is 24.5 Å². The minimum Gasteiger partial charge on any atom is -0.466 e. The fraction of sp³-hybridized carbons (Fsp3) is 0.971. The molecule has 1 amide bonds. The lowest BCUT2D eigenvalue weighted by atomic mass is 10.0. The number of hydrogen-bond acceptors (Lipinski definition) is 5. The summed E-state index contributed by atoms with van der Waals surface area (Å²) in [5, 5.41) is 23.3. The van der Waals surface area contributed by atoms with Crippen LogP contribution in [0.4, 0.5) is 0 Å². The van der Waals surface area contributed by atoms with E-state index in [0.29, 0.717) is 25.9 Å². The number of unbranched alkanes of at least 4 members (excludes halogenated alkanes) is 54. The van der Waals surface area contributed by atoms with E-state index < -0.39 is 12.1 Å². The number of aliphatic hydroxyl groups is 2. The average molecular weight is 1050 g/mol. The van der Waals surface area contributed by atoms with Crippen molar-refractivity contribution in [2.24, 2.45) is 0 Å². The highest BCUT2D eigenvalue weighted by Gasteiger charge is 2.20. The van der Waals surface area contributed by atoms with Gasteiger partial charge in [-0.15, -0.1) is 0 Å². The molecule has 2 atom stereocenters. The predicted molar refractivity (Wildman–Crippen MR) is 324 cm³/mol. The summed E-state index contributed by atoms with van der Waals surface area (Å²) >= 11 is 0. The van der Waals surface area contributed by atoms with Crippen LogP contribution in [0.5, 0.6) is 0 Å². The van der Waals surface area contributed by atoms with Gasteiger partial charge in [-0.1, -0.05) is 361 Å². The second kappa shape index (κ2) is 64.4. The van der Waals surface area contributed by atoms with Gasteiger partial charge in [0, 0.05) is 12.8 Å². The zero-order chi connectivity index (χ0) is 53.6. The molecule has 0 aliphatic rings. The number of rotatable bonds is 65. The van der Waals surface area contributed by atoms with Crippen LogP contribution in [0.2, 0.25) is 0 Å². The zero-order valence-electron chi connectivity index (χ0n) is 50.6. The van der Waals surface area contributed by atoms with Crippen LogP contribution in [0.25, 0.3) is 0 Å². The molecule has 0 heterocycles. The Morgan fingerprint density at radius 3 is 0.824 bits per heavy atom. The van der Waals surface area contributed by atoms with E-state index in [4.69, 9.17) is 4.74 Å². The maximum absolute atomic E-state index is 12.5. The molecule has 0 spiro atoms. The average Bonchev–Trinajstić information content (AvgIpc) is 3.40. The molecule has 0 radical (unpaired) electrons. The van der Waals surface area contributed by atoms with Gasteiger partial charge in [0.15, 0.2) is 0 Å². The van der Waals surface area contributed by atoms with E-state index in [9.17, 15) is 19.8 Å². The van der Waals surface area contributed by atoms with Crippen molar-refractivity contribution in [2.45, 2.75) is 411 Å². The molecule has 6 heteroatoms. The van der Waals surface area contributed by atoms with Crippen LogP contribution in [-0.2, 0) is 14.3 Å². The molecule has 442 valence electrons. The normalized spacial score (nSPS) is 12.4. The van der Waals surface area contributed by atoms with E-state index in [0.717, 1.165) is 38.5 Å². The van der Waals surface area contributed by atoms with E-state index >= 15 is 0 Å². The van der Waals surface area contributed by atoms with Crippen molar-refractivity contribution in [1.29, 1.82) is 0 Å². The summed E-state index contributed by atoms with van der Waals surface area (Å²) in [6.45, 7) is 5.00. The molecule has 0 aromatic carbocycles. The van der Waals surface area contributed by atoms with Crippen LogP contribution in [0, 0.1) is 0 Å². The third-order valence-electron chi connectivity index (χ3n) is 16.4. The first-order valence-corrected chi connectivity index (χ1v) is 34.3. The van der Waals surface area contributed by atoms with Crippen molar-refractivity contribution in [3.63, 3.8) is 0 Å². The van der Waals surface area contributed by atoms with Gasteiger partial charge in [0.05, 0.1) is 25.4 Å². The van der Waals surface area contributed by atoms with Crippen molar-refractivity contribution >= 4 is 11.9 Å². The van der Waals surface area contributed by atoms with Crippen molar-refractivity contribution in [3.8, 4) is 0 Å². The predicted octanol–water partition coefficient (Wildman–Crippen LogP) is 21.8. The first-order valence-electron chi connectivity index (χ1n) is 34.3. The summed E-state index contributed by atoms with van der Waals surface area (Å²) in [5.74, 6) is -0.00672. The minimum atomic E-state index is -0.661. The Balaban J connectivity index is 3.33. The molecule has 0 fully saturated rings. The number of amides is 1.